The van der Waals surface area contributed by atoms with Crippen molar-refractivity contribution < 1.29 is 22.7 Å². The van der Waals surface area contributed by atoms with Crippen LogP contribution in [0.2, 0.25) is 0 Å². The summed E-state index contributed by atoms with van der Waals surface area (Å²) in [6.45, 7) is -0.0152. The predicted octanol–water partition coefficient (Wildman–Crippen LogP) is 3.55. The van der Waals surface area contributed by atoms with E-state index in [-0.39, 0.29) is 17.9 Å². The van der Waals surface area contributed by atoms with E-state index < -0.39 is 16.0 Å². The van der Waals surface area contributed by atoms with Crippen LogP contribution in [0.3, 0.4) is 0 Å². The monoisotopic (exact) mass is 418 g/mol. The van der Waals surface area contributed by atoms with Crippen LogP contribution in [0.5, 0.6) is 5.75 Å². The van der Waals surface area contributed by atoms with Crippen LogP contribution in [0.25, 0.3) is 10.6 Å². The molecule has 0 unspecified atom stereocenters. The van der Waals surface area contributed by atoms with Crippen molar-refractivity contribution in [3.8, 4) is 16.3 Å². The number of aromatic nitrogens is 1. The fourth-order valence-corrected chi connectivity index (χ4v) is 3.79. The number of hydrogen-bond donors (Lipinski definition) is 1. The number of hydrogen-bond acceptors (Lipinski definition) is 7. The lowest BCUT2D eigenvalue weighted by molar-refractivity contribution is 0.0470. The molecule has 0 atom stereocenters. The van der Waals surface area contributed by atoms with Crippen molar-refractivity contribution in [2.75, 3.05) is 18.1 Å². The second kappa shape index (κ2) is 8.41. The molecule has 28 heavy (non-hydrogen) atoms. The quantitative estimate of drug-likeness (QED) is 0.590. The van der Waals surface area contributed by atoms with Crippen LogP contribution in [0.4, 0.5) is 5.69 Å². The van der Waals surface area contributed by atoms with Crippen LogP contribution >= 0.6 is 11.3 Å². The van der Waals surface area contributed by atoms with Crippen LogP contribution in [0.1, 0.15) is 16.1 Å². The van der Waals surface area contributed by atoms with Crippen molar-refractivity contribution in [3.63, 3.8) is 0 Å². The maximum atomic E-state index is 12.4. The van der Waals surface area contributed by atoms with Crippen LogP contribution < -0.4 is 9.46 Å². The zero-order valence-electron chi connectivity index (χ0n) is 15.2. The van der Waals surface area contributed by atoms with Gasteiger partial charge in [0.2, 0.25) is 10.0 Å². The minimum Gasteiger partial charge on any atom is -0.497 e. The smallest absolute Gasteiger partial charge is 0.340 e. The Bertz CT molecular complexity index is 1080. The summed E-state index contributed by atoms with van der Waals surface area (Å²) in [6.07, 6.45) is 1.02. The summed E-state index contributed by atoms with van der Waals surface area (Å²) in [5.74, 6) is 0.126. The van der Waals surface area contributed by atoms with Gasteiger partial charge in [0.05, 0.1) is 30.3 Å². The van der Waals surface area contributed by atoms with Crippen molar-refractivity contribution in [2.45, 2.75) is 6.61 Å². The highest BCUT2D eigenvalue weighted by atomic mass is 32.2. The molecule has 1 heterocycles. The Morgan fingerprint density at radius 2 is 1.86 bits per heavy atom. The summed E-state index contributed by atoms with van der Waals surface area (Å²) in [6, 6.07) is 13.8. The summed E-state index contributed by atoms with van der Waals surface area (Å²) in [5.41, 5.74) is 1.86. The Kier molecular flexibility index (Phi) is 5.96. The van der Waals surface area contributed by atoms with Gasteiger partial charge in [0.1, 0.15) is 17.4 Å². The number of esters is 1. The minimum absolute atomic E-state index is 0.0152. The number of thiazole rings is 1. The van der Waals surface area contributed by atoms with Gasteiger partial charge in [-0.25, -0.2) is 18.2 Å². The molecule has 7 nitrogen and oxygen atoms in total. The van der Waals surface area contributed by atoms with Gasteiger partial charge in [0, 0.05) is 10.9 Å². The molecule has 146 valence electrons. The zero-order chi connectivity index (χ0) is 20.1. The number of carbonyl (C=O) groups excluding carboxylic acids is 1. The van der Waals surface area contributed by atoms with Crippen molar-refractivity contribution in [1.82, 2.24) is 4.98 Å². The van der Waals surface area contributed by atoms with Gasteiger partial charge in [0.25, 0.3) is 0 Å². The number of ether oxygens (including phenoxy) is 2. The fourth-order valence-electron chi connectivity index (χ4n) is 2.41. The third kappa shape index (κ3) is 5.08. The molecule has 3 rings (SSSR count). The Balaban J connectivity index is 1.68. The lowest BCUT2D eigenvalue weighted by atomic mass is 10.2. The van der Waals surface area contributed by atoms with Gasteiger partial charge in [-0.05, 0) is 36.4 Å². The number of nitrogens with one attached hydrogen (secondary N) is 1. The van der Waals surface area contributed by atoms with E-state index in [4.69, 9.17) is 9.47 Å². The highest BCUT2D eigenvalue weighted by molar-refractivity contribution is 7.92. The number of methoxy groups -OCH3 is 1. The molecule has 0 aliphatic heterocycles. The first-order valence-corrected chi connectivity index (χ1v) is 11.0. The van der Waals surface area contributed by atoms with E-state index >= 15 is 0 Å². The summed E-state index contributed by atoms with van der Waals surface area (Å²) < 4.78 is 35.7. The SMILES string of the molecule is COc1ccc(-c2nc(COC(=O)c3ccccc3NS(C)(=O)=O)cs2)cc1. The van der Waals surface area contributed by atoms with E-state index in [1.165, 1.54) is 23.5 Å². The molecular formula is C19H18N2O5S2. The number of nitrogens with zero attached hydrogens (tertiary/aromatic N) is 1. The second-order valence-corrected chi connectivity index (χ2v) is 8.47. The summed E-state index contributed by atoms with van der Waals surface area (Å²) >= 11 is 1.44. The first-order chi connectivity index (χ1) is 13.4. The Morgan fingerprint density at radius 3 is 2.54 bits per heavy atom. The van der Waals surface area contributed by atoms with Crippen LogP contribution in [-0.2, 0) is 21.4 Å². The van der Waals surface area contributed by atoms with Gasteiger partial charge in [-0.2, -0.15) is 0 Å². The summed E-state index contributed by atoms with van der Waals surface area (Å²) in [7, 11) is -1.90. The maximum absolute atomic E-state index is 12.4. The second-order valence-electron chi connectivity index (χ2n) is 5.87. The van der Waals surface area contributed by atoms with Gasteiger partial charge in [-0.15, -0.1) is 11.3 Å². The van der Waals surface area contributed by atoms with Gasteiger partial charge in [-0.1, -0.05) is 12.1 Å². The Morgan fingerprint density at radius 1 is 1.14 bits per heavy atom. The average molecular weight is 418 g/mol. The van der Waals surface area contributed by atoms with Crippen LogP contribution in [0, 0.1) is 0 Å². The lowest BCUT2D eigenvalue weighted by Gasteiger charge is -2.09. The number of anilines is 1. The predicted molar refractivity (Wildman–Crippen MR) is 108 cm³/mol. The topological polar surface area (TPSA) is 94.6 Å². The molecule has 0 bridgehead atoms. The molecule has 0 aliphatic carbocycles. The summed E-state index contributed by atoms with van der Waals surface area (Å²) in [5, 5.41) is 2.61. The van der Waals surface area contributed by atoms with Crippen LogP contribution in [0.15, 0.2) is 53.9 Å². The van der Waals surface area contributed by atoms with Gasteiger partial charge in [-0.3, -0.25) is 4.72 Å². The Labute approximate surface area is 167 Å². The van der Waals surface area contributed by atoms with Gasteiger partial charge >= 0.3 is 5.97 Å². The molecule has 0 fully saturated rings. The van der Waals surface area contributed by atoms with E-state index in [0.29, 0.717) is 5.69 Å². The molecule has 0 saturated carbocycles. The molecule has 1 N–H and O–H groups in total. The molecular weight excluding hydrogens is 400 g/mol. The molecule has 0 spiro atoms. The number of para-hydroxylation sites is 1. The molecule has 1 aromatic heterocycles. The first-order valence-electron chi connectivity index (χ1n) is 8.18. The average Bonchev–Trinajstić information content (AvgIpc) is 3.14. The third-order valence-electron chi connectivity index (χ3n) is 3.68. The normalized spacial score (nSPS) is 11.1. The van der Waals surface area contributed by atoms with E-state index in [1.54, 1.807) is 19.2 Å². The molecule has 0 amide bonds. The van der Waals surface area contributed by atoms with E-state index in [1.807, 2.05) is 29.6 Å². The van der Waals surface area contributed by atoms with Crippen molar-refractivity contribution in [3.05, 3.63) is 65.2 Å². The molecule has 0 aliphatic rings. The van der Waals surface area contributed by atoms with E-state index in [0.717, 1.165) is 22.6 Å². The number of sulfonamides is 1. The highest BCUT2D eigenvalue weighted by Crippen LogP contribution is 2.26. The van der Waals surface area contributed by atoms with Gasteiger partial charge in [0.15, 0.2) is 0 Å². The first kappa shape index (κ1) is 19.8. The fraction of sp³-hybridized carbons (Fsp3) is 0.158. The van der Waals surface area contributed by atoms with Gasteiger partial charge < -0.3 is 9.47 Å². The van der Waals surface area contributed by atoms with Crippen molar-refractivity contribution in [2.24, 2.45) is 0 Å². The Hall–Kier alpha value is -2.91. The largest absolute Gasteiger partial charge is 0.497 e. The maximum Gasteiger partial charge on any atom is 0.340 e. The molecule has 0 saturated heterocycles. The lowest BCUT2D eigenvalue weighted by Crippen LogP contribution is -2.14. The number of benzene rings is 2. The molecule has 9 heteroatoms. The molecule has 0 radical (unpaired) electrons. The standard InChI is InChI=1S/C19H18N2O5S2/c1-25-15-9-7-13(8-10-15)18-20-14(12-27-18)11-26-19(22)16-5-3-4-6-17(16)21-28(2,23)24/h3-10,12,21H,11H2,1-2H3. The number of rotatable bonds is 7. The molecule has 2 aromatic carbocycles. The zero-order valence-corrected chi connectivity index (χ0v) is 16.8. The molecule has 3 aromatic rings. The minimum atomic E-state index is -3.51. The van der Waals surface area contributed by atoms with Crippen molar-refractivity contribution in [1.29, 1.82) is 0 Å². The van der Waals surface area contributed by atoms with E-state index in [9.17, 15) is 13.2 Å². The van der Waals surface area contributed by atoms with Crippen molar-refractivity contribution >= 4 is 33.0 Å². The summed E-state index contributed by atoms with van der Waals surface area (Å²) in [4.78, 5) is 16.8. The third-order valence-corrected chi connectivity index (χ3v) is 5.21. The van der Waals surface area contributed by atoms with Crippen LogP contribution in [-0.4, -0.2) is 32.7 Å². The number of carbonyl (C=O) groups is 1. The van der Waals surface area contributed by atoms with E-state index in [2.05, 4.69) is 9.71 Å². The highest BCUT2D eigenvalue weighted by Gasteiger charge is 2.16.